The molecule has 0 saturated carbocycles. The number of piperazine rings is 1. The summed E-state index contributed by atoms with van der Waals surface area (Å²) in [6.07, 6.45) is 2.91. The number of piperidine rings is 1. The Kier molecular flexibility index (Phi) is 6.41. The fourth-order valence-electron chi connectivity index (χ4n) is 4.89. The van der Waals surface area contributed by atoms with Crippen molar-refractivity contribution < 1.29 is 4.74 Å². The van der Waals surface area contributed by atoms with Crippen LogP contribution in [0.3, 0.4) is 0 Å². The molecule has 0 aliphatic carbocycles. The lowest BCUT2D eigenvalue weighted by atomic mass is 9.91. The molecular formula is C25H24Cl2N8O2. The van der Waals surface area contributed by atoms with E-state index in [0.717, 1.165) is 19.6 Å². The van der Waals surface area contributed by atoms with Crippen LogP contribution < -0.4 is 20.9 Å². The number of aryl methyl sites for hydroxylation is 1. The molecule has 6 heterocycles. The van der Waals surface area contributed by atoms with Crippen molar-refractivity contribution in [3.05, 3.63) is 63.0 Å². The third-order valence-corrected chi connectivity index (χ3v) is 7.35. The zero-order valence-electron chi connectivity index (χ0n) is 20.0. The van der Waals surface area contributed by atoms with Crippen molar-refractivity contribution in [2.75, 3.05) is 31.6 Å². The Hall–Kier alpha value is -3.31. The van der Waals surface area contributed by atoms with Gasteiger partial charge in [-0.25, -0.2) is 4.98 Å². The van der Waals surface area contributed by atoms with Gasteiger partial charge in [-0.2, -0.15) is 4.98 Å². The summed E-state index contributed by atoms with van der Waals surface area (Å²) in [7, 11) is 1.64. The monoisotopic (exact) mass is 538 g/mol. The van der Waals surface area contributed by atoms with Crippen LogP contribution in [0.25, 0.3) is 22.2 Å². The third-order valence-electron chi connectivity index (χ3n) is 6.72. The first kappa shape index (κ1) is 24.1. The summed E-state index contributed by atoms with van der Waals surface area (Å²) >= 11 is 12.7. The van der Waals surface area contributed by atoms with Gasteiger partial charge in [0.25, 0.3) is 5.56 Å². The van der Waals surface area contributed by atoms with Crippen molar-refractivity contribution in [2.24, 2.45) is 7.05 Å². The van der Waals surface area contributed by atoms with Crippen molar-refractivity contribution in [3.63, 3.8) is 0 Å². The van der Waals surface area contributed by atoms with Crippen molar-refractivity contribution in [3.8, 4) is 17.0 Å². The van der Waals surface area contributed by atoms with Gasteiger partial charge in [0.2, 0.25) is 11.8 Å². The molecule has 3 saturated heterocycles. The smallest absolute Gasteiger partial charge is 0.259 e. The summed E-state index contributed by atoms with van der Waals surface area (Å²) in [6.45, 7) is 3.57. The maximum Gasteiger partial charge on any atom is 0.259 e. The van der Waals surface area contributed by atoms with Crippen molar-refractivity contribution >= 4 is 46.0 Å². The molecule has 3 aliphatic heterocycles. The maximum absolute atomic E-state index is 13.1. The lowest BCUT2D eigenvalue weighted by molar-refractivity contribution is 0.0668. The van der Waals surface area contributed by atoms with Crippen LogP contribution in [0.1, 0.15) is 6.42 Å². The number of hydrogen-bond acceptors (Lipinski definition) is 9. The fourth-order valence-corrected chi connectivity index (χ4v) is 5.49. The number of fused-ring (bicyclic) bond motifs is 3. The highest BCUT2D eigenvalue weighted by atomic mass is 35.5. The third kappa shape index (κ3) is 4.85. The average Bonchev–Trinajstić information content (AvgIpc) is 2.88. The molecular weight excluding hydrogens is 515 g/mol. The topological polar surface area (TPSA) is 110 Å². The van der Waals surface area contributed by atoms with E-state index in [4.69, 9.17) is 27.9 Å². The zero-order valence-corrected chi connectivity index (χ0v) is 21.5. The van der Waals surface area contributed by atoms with E-state index >= 15 is 0 Å². The van der Waals surface area contributed by atoms with Crippen LogP contribution in [0.5, 0.6) is 5.88 Å². The Bertz CT molecular complexity index is 1490. The molecule has 37 heavy (non-hydrogen) atoms. The highest BCUT2D eigenvalue weighted by Gasteiger charge is 2.35. The first-order valence-corrected chi connectivity index (χ1v) is 12.7. The SMILES string of the molecule is Cn1c(=O)c(-c2c(Cl)cccc2Cl)cc2cnc(Nc3ccc(OCCN4CC5CC(C4)N5)nn3)nc21. The summed E-state index contributed by atoms with van der Waals surface area (Å²) in [5.41, 5.74) is 1.04. The Balaban J connectivity index is 1.15. The van der Waals surface area contributed by atoms with Gasteiger partial charge < -0.3 is 15.4 Å². The largest absolute Gasteiger partial charge is 0.475 e. The van der Waals surface area contributed by atoms with E-state index in [1.54, 1.807) is 49.6 Å². The number of pyridine rings is 1. The van der Waals surface area contributed by atoms with Crippen molar-refractivity contribution in [2.45, 2.75) is 18.5 Å². The molecule has 3 fully saturated rings. The normalized spacial score (nSPS) is 19.0. The fraction of sp³-hybridized carbons (Fsp3) is 0.320. The summed E-state index contributed by atoms with van der Waals surface area (Å²) in [5.74, 6) is 1.20. The van der Waals surface area contributed by atoms with E-state index in [1.165, 1.54) is 11.0 Å². The molecule has 0 radical (unpaired) electrons. The van der Waals surface area contributed by atoms with Gasteiger partial charge in [0.05, 0.1) is 15.6 Å². The van der Waals surface area contributed by atoms with Gasteiger partial charge in [-0.15, -0.1) is 10.2 Å². The second kappa shape index (κ2) is 9.86. The lowest BCUT2D eigenvalue weighted by Gasteiger charge is -2.48. The lowest BCUT2D eigenvalue weighted by Crippen LogP contribution is -2.67. The minimum Gasteiger partial charge on any atom is -0.475 e. The zero-order chi connectivity index (χ0) is 25.5. The first-order chi connectivity index (χ1) is 17.9. The molecule has 2 bridgehead atoms. The molecule has 1 aromatic carbocycles. The van der Waals surface area contributed by atoms with E-state index in [-0.39, 0.29) is 11.5 Å². The number of rotatable bonds is 7. The van der Waals surface area contributed by atoms with E-state index < -0.39 is 0 Å². The van der Waals surface area contributed by atoms with E-state index in [1.807, 2.05) is 0 Å². The van der Waals surface area contributed by atoms with E-state index in [9.17, 15) is 4.79 Å². The number of hydrogen-bond donors (Lipinski definition) is 2. The van der Waals surface area contributed by atoms with Gasteiger partial charge in [-0.05, 0) is 30.7 Å². The number of benzene rings is 1. The van der Waals surface area contributed by atoms with Crippen molar-refractivity contribution in [1.29, 1.82) is 0 Å². The minimum absolute atomic E-state index is 0.272. The molecule has 3 aromatic heterocycles. The highest BCUT2D eigenvalue weighted by molar-refractivity contribution is 6.39. The summed E-state index contributed by atoms with van der Waals surface area (Å²) in [6, 6.07) is 11.6. The van der Waals surface area contributed by atoms with Crippen molar-refractivity contribution in [1.82, 2.24) is 34.9 Å². The molecule has 10 nitrogen and oxygen atoms in total. The summed E-state index contributed by atoms with van der Waals surface area (Å²) in [4.78, 5) is 24.4. The first-order valence-electron chi connectivity index (χ1n) is 12.0. The number of nitrogens with zero attached hydrogens (tertiary/aromatic N) is 6. The number of ether oxygens (including phenoxy) is 1. The molecule has 12 heteroatoms. The van der Waals surface area contributed by atoms with Crippen LogP contribution in [0, 0.1) is 0 Å². The highest BCUT2D eigenvalue weighted by Crippen LogP contribution is 2.33. The Morgan fingerprint density at radius 3 is 2.59 bits per heavy atom. The van der Waals surface area contributed by atoms with Crippen LogP contribution in [0.2, 0.25) is 10.0 Å². The van der Waals surface area contributed by atoms with Gasteiger partial charge in [0.1, 0.15) is 12.3 Å². The Morgan fingerprint density at radius 1 is 1.14 bits per heavy atom. The van der Waals surface area contributed by atoms with Gasteiger partial charge in [0.15, 0.2) is 5.82 Å². The predicted molar refractivity (Wildman–Crippen MR) is 143 cm³/mol. The van der Waals surface area contributed by atoms with Gasteiger partial charge in [-0.3, -0.25) is 14.3 Å². The quantitative estimate of drug-likeness (QED) is 0.366. The number of nitrogens with one attached hydrogen (secondary N) is 2. The van der Waals surface area contributed by atoms with Crippen LogP contribution in [-0.2, 0) is 7.05 Å². The molecule has 2 N–H and O–H groups in total. The van der Waals surface area contributed by atoms with Crippen LogP contribution in [0.15, 0.2) is 47.4 Å². The maximum atomic E-state index is 13.1. The number of aromatic nitrogens is 5. The van der Waals surface area contributed by atoms with E-state index in [2.05, 4.69) is 35.7 Å². The van der Waals surface area contributed by atoms with Gasteiger partial charge in [0, 0.05) is 62.0 Å². The molecule has 0 amide bonds. The molecule has 2 atom stereocenters. The molecule has 3 aliphatic rings. The minimum atomic E-state index is -0.272. The van der Waals surface area contributed by atoms with Gasteiger partial charge in [-0.1, -0.05) is 29.3 Å². The number of anilines is 2. The number of halogens is 2. The van der Waals surface area contributed by atoms with E-state index in [0.29, 0.717) is 62.6 Å². The standard InChI is InChI=1S/C25H24Cl2N8O2/c1-34-23-14(9-17(24(34)36)22-18(26)3-2-4-19(22)27)11-28-25(31-23)30-20-5-6-21(33-32-20)37-8-7-35-12-15-10-16(13-35)29-15/h2-6,9,11,15-16,29H,7-8,10,12-13H2,1H3,(H,28,30,31,32). The second-order valence-corrected chi connectivity index (χ2v) is 10.1. The van der Waals surface area contributed by atoms with Crippen LogP contribution >= 0.6 is 23.2 Å². The van der Waals surface area contributed by atoms with Crippen LogP contribution in [-0.4, -0.2) is 68.0 Å². The molecule has 4 aromatic rings. The molecule has 7 rings (SSSR count). The average molecular weight is 539 g/mol. The second-order valence-electron chi connectivity index (χ2n) is 9.28. The summed E-state index contributed by atoms with van der Waals surface area (Å²) in [5, 5.41) is 16.3. The summed E-state index contributed by atoms with van der Waals surface area (Å²) < 4.78 is 7.21. The molecule has 190 valence electrons. The van der Waals surface area contributed by atoms with Crippen LogP contribution in [0.4, 0.5) is 11.8 Å². The molecule has 0 spiro atoms. The Morgan fingerprint density at radius 2 is 1.89 bits per heavy atom. The Labute approximate surface area is 222 Å². The predicted octanol–water partition coefficient (Wildman–Crippen LogP) is 3.26. The van der Waals surface area contributed by atoms with Gasteiger partial charge >= 0.3 is 0 Å². The molecule has 2 unspecified atom stereocenters.